The maximum Gasteiger partial charge on any atom is 0.265 e. The van der Waals surface area contributed by atoms with Crippen LogP contribution in [0.25, 0.3) is 10.9 Å². The Labute approximate surface area is 153 Å². The highest BCUT2D eigenvalue weighted by atomic mass is 32.2. The van der Waals surface area contributed by atoms with Gasteiger partial charge in [0.15, 0.2) is 0 Å². The van der Waals surface area contributed by atoms with Gasteiger partial charge in [0.25, 0.3) is 16.4 Å². The fourth-order valence-corrected chi connectivity index (χ4v) is 3.73. The summed E-state index contributed by atoms with van der Waals surface area (Å²) in [5.41, 5.74) is 1.81. The molecule has 0 spiro atoms. The van der Waals surface area contributed by atoms with Crippen LogP contribution in [-0.4, -0.2) is 41.3 Å². The van der Waals surface area contributed by atoms with Gasteiger partial charge in [0, 0.05) is 17.8 Å². The SMILES string of the molecule is Cc1ccc(NS(=O)(=O)c2cnn([C@@H](CO)C(F)F)c2)c2[nH]cc(C#N)c12. The van der Waals surface area contributed by atoms with E-state index >= 15 is 0 Å². The van der Waals surface area contributed by atoms with Crippen molar-refractivity contribution in [2.45, 2.75) is 24.3 Å². The van der Waals surface area contributed by atoms with Crippen molar-refractivity contribution in [3.05, 3.63) is 41.9 Å². The fourth-order valence-electron chi connectivity index (χ4n) is 2.72. The molecule has 0 amide bonds. The topological polar surface area (TPSA) is 124 Å². The van der Waals surface area contributed by atoms with Crippen molar-refractivity contribution in [3.63, 3.8) is 0 Å². The standard InChI is InChI=1S/C16H15F2N5O3S/c1-9-2-3-12(15-14(9)10(4-19)5-20-15)22-27(25,26)11-6-21-23(7-11)13(8-24)16(17)18/h2-3,5-7,13,16,20,22,24H,8H2,1H3/t13-/m0/s1. The zero-order valence-corrected chi connectivity index (χ0v) is 14.8. The van der Waals surface area contributed by atoms with E-state index in [0.717, 1.165) is 18.0 Å². The molecule has 0 fully saturated rings. The minimum atomic E-state index is -4.12. The lowest BCUT2D eigenvalue weighted by Gasteiger charge is -2.13. The first-order valence-corrected chi connectivity index (χ1v) is 9.23. The highest BCUT2D eigenvalue weighted by Crippen LogP contribution is 2.30. The van der Waals surface area contributed by atoms with Gasteiger partial charge in [-0.2, -0.15) is 10.4 Å². The molecule has 0 saturated carbocycles. The molecule has 0 unspecified atom stereocenters. The molecule has 0 aliphatic heterocycles. The number of benzene rings is 1. The molecule has 3 aromatic rings. The molecule has 8 nitrogen and oxygen atoms in total. The van der Waals surface area contributed by atoms with E-state index < -0.39 is 29.1 Å². The van der Waals surface area contributed by atoms with Crippen LogP contribution in [0.1, 0.15) is 17.2 Å². The van der Waals surface area contributed by atoms with Crippen molar-refractivity contribution in [2.75, 3.05) is 11.3 Å². The van der Waals surface area contributed by atoms with E-state index in [0.29, 0.717) is 21.1 Å². The smallest absolute Gasteiger partial charge is 0.265 e. The summed E-state index contributed by atoms with van der Waals surface area (Å²) in [5, 5.41) is 22.4. The molecule has 1 aromatic carbocycles. The Balaban J connectivity index is 1.98. The van der Waals surface area contributed by atoms with Crippen LogP contribution in [0.15, 0.2) is 35.6 Å². The summed E-state index contributed by atoms with van der Waals surface area (Å²) < 4.78 is 54.0. The van der Waals surface area contributed by atoms with Gasteiger partial charge in [-0.1, -0.05) is 6.07 Å². The third-order valence-electron chi connectivity index (χ3n) is 4.11. The van der Waals surface area contributed by atoms with Crippen LogP contribution >= 0.6 is 0 Å². The van der Waals surface area contributed by atoms with Crippen molar-refractivity contribution in [3.8, 4) is 6.07 Å². The molecule has 0 saturated heterocycles. The Hall–Kier alpha value is -2.97. The van der Waals surface area contributed by atoms with E-state index in [-0.39, 0.29) is 10.6 Å². The number of rotatable bonds is 6. The molecule has 11 heteroatoms. The van der Waals surface area contributed by atoms with Crippen molar-refractivity contribution < 1.29 is 22.3 Å². The minimum Gasteiger partial charge on any atom is -0.394 e. The lowest BCUT2D eigenvalue weighted by atomic mass is 10.1. The summed E-state index contributed by atoms with van der Waals surface area (Å²) in [4.78, 5) is 2.54. The average molecular weight is 395 g/mol. The van der Waals surface area contributed by atoms with Crippen LogP contribution in [0.5, 0.6) is 0 Å². The number of aryl methyl sites for hydroxylation is 1. The van der Waals surface area contributed by atoms with Crippen molar-refractivity contribution in [2.24, 2.45) is 0 Å². The first kappa shape index (κ1) is 18.8. The van der Waals surface area contributed by atoms with Crippen molar-refractivity contribution in [1.82, 2.24) is 14.8 Å². The second-order valence-corrected chi connectivity index (χ2v) is 7.52. The number of nitrogens with one attached hydrogen (secondary N) is 2. The Bertz CT molecular complexity index is 1130. The van der Waals surface area contributed by atoms with Crippen LogP contribution in [-0.2, 0) is 10.0 Å². The van der Waals surface area contributed by atoms with Gasteiger partial charge in [0.1, 0.15) is 17.0 Å². The van der Waals surface area contributed by atoms with E-state index in [9.17, 15) is 22.5 Å². The number of aromatic nitrogens is 3. The zero-order valence-electron chi connectivity index (χ0n) is 14.0. The lowest BCUT2D eigenvalue weighted by molar-refractivity contribution is 0.0420. The number of hydrogen-bond acceptors (Lipinski definition) is 5. The van der Waals surface area contributed by atoms with Crippen molar-refractivity contribution in [1.29, 1.82) is 5.26 Å². The van der Waals surface area contributed by atoms with Crippen LogP contribution < -0.4 is 4.72 Å². The van der Waals surface area contributed by atoms with Gasteiger partial charge < -0.3 is 10.1 Å². The Morgan fingerprint density at radius 3 is 2.81 bits per heavy atom. The number of H-pyrrole nitrogens is 1. The van der Waals surface area contributed by atoms with Crippen molar-refractivity contribution >= 4 is 26.6 Å². The number of nitrogens with zero attached hydrogens (tertiary/aromatic N) is 3. The summed E-state index contributed by atoms with van der Waals surface area (Å²) in [6.45, 7) is 0.906. The van der Waals surface area contributed by atoms with E-state index in [4.69, 9.17) is 5.11 Å². The molecular weight excluding hydrogens is 380 g/mol. The summed E-state index contributed by atoms with van der Waals surface area (Å²) in [6.07, 6.45) is 0.422. The molecule has 3 rings (SSSR count). The molecule has 1 atom stereocenters. The molecule has 2 heterocycles. The van der Waals surface area contributed by atoms with Gasteiger partial charge in [0.05, 0.1) is 29.6 Å². The average Bonchev–Trinajstić information content (AvgIpc) is 3.25. The number of anilines is 1. The van der Waals surface area contributed by atoms with Gasteiger partial charge in [0.2, 0.25) is 0 Å². The number of aliphatic hydroxyl groups excluding tert-OH is 1. The van der Waals surface area contributed by atoms with Gasteiger partial charge in [-0.05, 0) is 18.6 Å². The normalized spacial score (nSPS) is 13.0. The van der Waals surface area contributed by atoms with Crippen LogP contribution in [0, 0.1) is 18.3 Å². The quantitative estimate of drug-likeness (QED) is 0.590. The maximum atomic E-state index is 12.9. The number of alkyl halides is 2. The number of hydrogen-bond donors (Lipinski definition) is 3. The summed E-state index contributed by atoms with van der Waals surface area (Å²) in [7, 11) is -4.12. The third-order valence-corrected chi connectivity index (χ3v) is 5.43. The summed E-state index contributed by atoms with van der Waals surface area (Å²) in [6, 6.07) is 3.59. The number of nitriles is 1. The third kappa shape index (κ3) is 3.36. The predicted octanol–water partition coefficient (Wildman–Crippen LogP) is 2.14. The van der Waals surface area contributed by atoms with Crippen LogP contribution in [0.4, 0.5) is 14.5 Å². The number of halogens is 2. The number of sulfonamides is 1. The van der Waals surface area contributed by atoms with E-state index in [2.05, 4.69) is 14.8 Å². The number of aromatic amines is 1. The number of aliphatic hydroxyl groups is 1. The lowest BCUT2D eigenvalue weighted by Crippen LogP contribution is -2.21. The largest absolute Gasteiger partial charge is 0.394 e. The minimum absolute atomic E-state index is 0.206. The molecule has 142 valence electrons. The summed E-state index contributed by atoms with van der Waals surface area (Å²) in [5.74, 6) is 0. The van der Waals surface area contributed by atoms with Gasteiger partial charge in [-0.25, -0.2) is 17.2 Å². The zero-order chi connectivity index (χ0) is 19.8. The highest BCUT2D eigenvalue weighted by molar-refractivity contribution is 7.92. The van der Waals surface area contributed by atoms with Gasteiger partial charge in [-0.3, -0.25) is 9.40 Å². The van der Waals surface area contributed by atoms with Crippen LogP contribution in [0.3, 0.4) is 0 Å². The van der Waals surface area contributed by atoms with E-state index in [1.807, 2.05) is 6.07 Å². The Morgan fingerprint density at radius 2 is 2.19 bits per heavy atom. The van der Waals surface area contributed by atoms with Gasteiger partial charge >= 0.3 is 0 Å². The van der Waals surface area contributed by atoms with Crippen LogP contribution in [0.2, 0.25) is 0 Å². The van der Waals surface area contributed by atoms with Gasteiger partial charge in [-0.15, -0.1) is 0 Å². The second-order valence-electron chi connectivity index (χ2n) is 5.84. The predicted molar refractivity (Wildman–Crippen MR) is 92.9 cm³/mol. The Kier molecular flexibility index (Phi) is 4.86. The number of fused-ring (bicyclic) bond motifs is 1. The maximum absolute atomic E-state index is 12.9. The molecule has 27 heavy (non-hydrogen) atoms. The first-order valence-electron chi connectivity index (χ1n) is 7.75. The molecule has 0 aliphatic carbocycles. The Morgan fingerprint density at radius 1 is 1.44 bits per heavy atom. The highest BCUT2D eigenvalue weighted by Gasteiger charge is 2.25. The molecular formula is C16H15F2N5O3S. The second kappa shape index (κ2) is 6.98. The molecule has 0 aliphatic rings. The fraction of sp³-hybridized carbons (Fsp3) is 0.250. The van der Waals surface area contributed by atoms with E-state index in [1.54, 1.807) is 13.0 Å². The molecule has 0 radical (unpaired) electrons. The molecule has 3 N–H and O–H groups in total. The first-order chi connectivity index (χ1) is 12.8. The molecule has 2 aromatic heterocycles. The summed E-state index contributed by atoms with van der Waals surface area (Å²) >= 11 is 0. The monoisotopic (exact) mass is 395 g/mol. The molecule has 0 bridgehead atoms. The van der Waals surface area contributed by atoms with E-state index in [1.165, 1.54) is 12.3 Å².